The van der Waals surface area contributed by atoms with Gasteiger partial charge in [0.25, 0.3) is 0 Å². The van der Waals surface area contributed by atoms with Crippen LogP contribution in [0.15, 0.2) is 42.5 Å². The Balaban J connectivity index is 2.50. The van der Waals surface area contributed by atoms with Gasteiger partial charge < -0.3 is 15.0 Å². The first kappa shape index (κ1) is 29.1. The highest BCUT2D eigenvalue weighted by molar-refractivity contribution is 7.92. The van der Waals surface area contributed by atoms with Crippen LogP contribution in [0, 0.1) is 12.7 Å². The minimum atomic E-state index is -3.89. The Bertz CT molecular complexity index is 1150. The molecule has 2 aromatic carbocycles. The topological polar surface area (TPSA) is 96.0 Å². The highest BCUT2D eigenvalue weighted by atomic mass is 32.2. The van der Waals surface area contributed by atoms with E-state index in [2.05, 4.69) is 5.32 Å². The maximum absolute atomic E-state index is 13.7. The van der Waals surface area contributed by atoms with Gasteiger partial charge >= 0.3 is 0 Å². The molecule has 0 saturated carbocycles. The second-order valence-electron chi connectivity index (χ2n) is 8.83. The normalized spacial score (nSPS) is 13.0. The zero-order chi connectivity index (χ0) is 27.0. The first-order valence-electron chi connectivity index (χ1n) is 11.9. The number of hydrogen-bond donors (Lipinski definition) is 1. The number of halogens is 1. The summed E-state index contributed by atoms with van der Waals surface area (Å²) < 4.78 is 45.4. The summed E-state index contributed by atoms with van der Waals surface area (Å²) in [5, 5.41) is 2.91. The number of ether oxygens (including phenoxy) is 1. The third-order valence-corrected chi connectivity index (χ3v) is 7.06. The summed E-state index contributed by atoms with van der Waals surface area (Å²) in [6.07, 6.45) is 2.03. The van der Waals surface area contributed by atoms with Gasteiger partial charge in [-0.25, -0.2) is 12.8 Å². The van der Waals surface area contributed by atoms with Crippen LogP contribution in [-0.2, 0) is 26.2 Å². The van der Waals surface area contributed by atoms with Gasteiger partial charge in [0.2, 0.25) is 21.8 Å². The van der Waals surface area contributed by atoms with E-state index < -0.39 is 34.3 Å². The van der Waals surface area contributed by atoms with E-state index in [0.717, 1.165) is 16.1 Å². The monoisotopic (exact) mass is 521 g/mol. The standard InChI is InChI=1S/C26H36FN3O5S/c1-7-19(4)28-26(32)22(8-2)29(16-20-10-12-21(27)13-11-20)25(31)17-30(36(6,33)34)23-15-18(3)9-14-24(23)35-5/h9-15,19,22H,7-8,16-17H2,1-6H3,(H,28,32)/t19-,22-/m1/s1. The van der Waals surface area contributed by atoms with Gasteiger partial charge in [-0.15, -0.1) is 0 Å². The molecule has 0 saturated heterocycles. The van der Waals surface area contributed by atoms with Gasteiger partial charge in [0, 0.05) is 12.6 Å². The molecule has 0 bridgehead atoms. The molecular weight excluding hydrogens is 485 g/mol. The molecule has 0 aliphatic carbocycles. The van der Waals surface area contributed by atoms with Crippen molar-refractivity contribution in [2.24, 2.45) is 0 Å². The number of rotatable bonds is 12. The number of anilines is 1. The number of methoxy groups -OCH3 is 1. The Morgan fingerprint density at radius 1 is 1.08 bits per heavy atom. The Hall–Kier alpha value is -3.14. The summed E-state index contributed by atoms with van der Waals surface area (Å²) >= 11 is 0. The summed E-state index contributed by atoms with van der Waals surface area (Å²) in [7, 11) is -2.47. The van der Waals surface area contributed by atoms with Crippen molar-refractivity contribution in [2.75, 3.05) is 24.2 Å². The number of carbonyl (C=O) groups excluding carboxylic acids is 2. The van der Waals surface area contributed by atoms with Crippen LogP contribution >= 0.6 is 0 Å². The number of sulfonamides is 1. The number of benzene rings is 2. The van der Waals surface area contributed by atoms with E-state index >= 15 is 0 Å². The fraction of sp³-hybridized carbons (Fsp3) is 0.462. The first-order valence-corrected chi connectivity index (χ1v) is 13.7. The van der Waals surface area contributed by atoms with Gasteiger partial charge in [0.15, 0.2) is 0 Å². The van der Waals surface area contributed by atoms with Crippen molar-refractivity contribution in [2.45, 2.75) is 59.2 Å². The van der Waals surface area contributed by atoms with Crippen LogP contribution in [0.25, 0.3) is 0 Å². The minimum absolute atomic E-state index is 0.00804. The van der Waals surface area contributed by atoms with Crippen LogP contribution < -0.4 is 14.4 Å². The van der Waals surface area contributed by atoms with E-state index in [0.29, 0.717) is 24.2 Å². The molecule has 2 atom stereocenters. The third-order valence-electron chi connectivity index (χ3n) is 5.94. The number of amides is 2. The average molecular weight is 522 g/mol. The van der Waals surface area contributed by atoms with Crippen molar-refractivity contribution in [1.82, 2.24) is 10.2 Å². The van der Waals surface area contributed by atoms with Crippen molar-refractivity contribution in [3.8, 4) is 5.75 Å². The van der Waals surface area contributed by atoms with Crippen LogP contribution in [-0.4, -0.2) is 57.1 Å². The van der Waals surface area contributed by atoms with E-state index in [4.69, 9.17) is 4.74 Å². The number of carbonyl (C=O) groups is 2. The quantitative estimate of drug-likeness (QED) is 0.460. The van der Waals surface area contributed by atoms with Crippen molar-refractivity contribution in [1.29, 1.82) is 0 Å². The molecule has 0 aliphatic heterocycles. The predicted molar refractivity (Wildman–Crippen MR) is 139 cm³/mol. The number of aryl methyl sites for hydroxylation is 1. The van der Waals surface area contributed by atoms with Crippen molar-refractivity contribution in [3.05, 3.63) is 59.4 Å². The molecule has 0 heterocycles. The highest BCUT2D eigenvalue weighted by Gasteiger charge is 2.33. The van der Waals surface area contributed by atoms with Crippen LogP contribution in [0.2, 0.25) is 0 Å². The molecule has 198 valence electrons. The fourth-order valence-electron chi connectivity index (χ4n) is 3.74. The summed E-state index contributed by atoms with van der Waals surface area (Å²) in [6.45, 7) is 6.86. The molecule has 0 radical (unpaired) electrons. The lowest BCUT2D eigenvalue weighted by Gasteiger charge is -2.33. The SMILES string of the molecule is CC[C@@H](C)NC(=O)[C@@H](CC)N(Cc1ccc(F)cc1)C(=O)CN(c1cc(C)ccc1OC)S(C)(=O)=O. The molecule has 2 amide bonds. The lowest BCUT2D eigenvalue weighted by atomic mass is 10.1. The molecule has 2 aromatic rings. The maximum atomic E-state index is 13.7. The van der Waals surface area contributed by atoms with E-state index in [9.17, 15) is 22.4 Å². The molecule has 0 unspecified atom stereocenters. The Morgan fingerprint density at radius 2 is 1.72 bits per heavy atom. The molecule has 0 spiro atoms. The van der Waals surface area contributed by atoms with Crippen LogP contribution in [0.3, 0.4) is 0 Å². The van der Waals surface area contributed by atoms with Gasteiger partial charge in [-0.2, -0.15) is 0 Å². The fourth-order valence-corrected chi connectivity index (χ4v) is 4.58. The van der Waals surface area contributed by atoms with Crippen LogP contribution in [0.4, 0.5) is 10.1 Å². The zero-order valence-corrected chi connectivity index (χ0v) is 22.6. The molecule has 0 fully saturated rings. The second-order valence-corrected chi connectivity index (χ2v) is 10.7. The van der Waals surface area contributed by atoms with Gasteiger partial charge in [-0.3, -0.25) is 13.9 Å². The number of nitrogens with one attached hydrogen (secondary N) is 1. The van der Waals surface area contributed by atoms with Crippen molar-refractivity contribution in [3.63, 3.8) is 0 Å². The summed E-state index contributed by atoms with van der Waals surface area (Å²) in [6, 6.07) is 9.72. The Morgan fingerprint density at radius 3 is 2.25 bits per heavy atom. The maximum Gasteiger partial charge on any atom is 0.244 e. The first-order chi connectivity index (χ1) is 16.9. The van der Waals surface area contributed by atoms with E-state index in [1.54, 1.807) is 32.0 Å². The molecule has 1 N–H and O–H groups in total. The van der Waals surface area contributed by atoms with Gasteiger partial charge in [-0.05, 0) is 62.1 Å². The van der Waals surface area contributed by atoms with E-state index in [-0.39, 0.29) is 24.2 Å². The summed E-state index contributed by atoms with van der Waals surface area (Å²) in [5.74, 6) is -1.03. The summed E-state index contributed by atoms with van der Waals surface area (Å²) in [5.41, 5.74) is 1.63. The third kappa shape index (κ3) is 7.68. The molecule has 8 nitrogen and oxygen atoms in total. The number of hydrogen-bond acceptors (Lipinski definition) is 5. The largest absolute Gasteiger partial charge is 0.495 e. The minimum Gasteiger partial charge on any atom is -0.495 e. The Kier molecular flexibility index (Phi) is 10.3. The van der Waals surface area contributed by atoms with Crippen LogP contribution in [0.1, 0.15) is 44.7 Å². The second kappa shape index (κ2) is 12.7. The predicted octanol–water partition coefficient (Wildman–Crippen LogP) is 3.63. The van der Waals surface area contributed by atoms with Gasteiger partial charge in [-0.1, -0.05) is 32.0 Å². The molecule has 10 heteroatoms. The van der Waals surface area contributed by atoms with Crippen molar-refractivity contribution >= 4 is 27.5 Å². The van der Waals surface area contributed by atoms with Gasteiger partial charge in [0.1, 0.15) is 24.2 Å². The molecule has 0 aliphatic rings. The molecule has 36 heavy (non-hydrogen) atoms. The smallest absolute Gasteiger partial charge is 0.244 e. The van der Waals surface area contributed by atoms with Crippen molar-refractivity contribution < 1.29 is 27.1 Å². The van der Waals surface area contributed by atoms with E-state index in [1.165, 1.54) is 36.3 Å². The highest BCUT2D eigenvalue weighted by Crippen LogP contribution is 2.31. The number of nitrogens with zero attached hydrogens (tertiary/aromatic N) is 2. The average Bonchev–Trinajstić information content (AvgIpc) is 2.82. The molecule has 2 rings (SSSR count). The lowest BCUT2D eigenvalue weighted by Crippen LogP contribution is -2.53. The molecular formula is C26H36FN3O5S. The molecule has 0 aromatic heterocycles. The summed E-state index contributed by atoms with van der Waals surface area (Å²) in [4.78, 5) is 28.2. The lowest BCUT2D eigenvalue weighted by molar-refractivity contribution is -0.140. The van der Waals surface area contributed by atoms with Gasteiger partial charge in [0.05, 0.1) is 19.1 Å². The Labute approximate surface area is 213 Å². The van der Waals surface area contributed by atoms with Crippen LogP contribution in [0.5, 0.6) is 5.75 Å². The zero-order valence-electron chi connectivity index (χ0n) is 21.7. The van der Waals surface area contributed by atoms with E-state index in [1.807, 2.05) is 13.8 Å².